The van der Waals surface area contributed by atoms with Crippen molar-refractivity contribution in [2.75, 3.05) is 5.75 Å². The first-order valence-corrected chi connectivity index (χ1v) is 8.94. The van der Waals surface area contributed by atoms with E-state index in [1.165, 1.54) is 27.1 Å². The lowest BCUT2D eigenvalue weighted by molar-refractivity contribution is 0.409. The maximum Gasteiger partial charge on any atom is 0.0110 e. The molecule has 0 N–H and O–H groups in total. The van der Waals surface area contributed by atoms with Gasteiger partial charge in [-0.25, -0.2) is 0 Å². The van der Waals surface area contributed by atoms with E-state index in [1.807, 2.05) is 11.8 Å². The number of aryl methyl sites for hydroxylation is 2. The van der Waals surface area contributed by atoms with Crippen LogP contribution in [0.3, 0.4) is 0 Å². The summed E-state index contributed by atoms with van der Waals surface area (Å²) in [4.78, 5) is 1.46. The molecule has 0 fully saturated rings. The highest BCUT2D eigenvalue weighted by molar-refractivity contribution is 7.99. The molecule has 1 heterocycles. The van der Waals surface area contributed by atoms with Gasteiger partial charge in [-0.05, 0) is 43.4 Å². The smallest absolute Gasteiger partial charge is 0.0110 e. The lowest BCUT2D eigenvalue weighted by Gasteiger charge is -2.42. The largest absolute Gasteiger partial charge is 0.125 e. The Morgan fingerprint density at radius 1 is 1.14 bits per heavy atom. The van der Waals surface area contributed by atoms with Crippen molar-refractivity contribution >= 4 is 11.8 Å². The first-order chi connectivity index (χ1) is 10.5. The zero-order valence-electron chi connectivity index (χ0n) is 13.7. The molecule has 0 bridgehead atoms. The van der Waals surface area contributed by atoms with E-state index in [1.54, 1.807) is 0 Å². The zero-order chi connectivity index (χ0) is 15.7. The number of hydrogen-bond donors (Lipinski definition) is 0. The number of fused-ring (bicyclic) bond motifs is 1. The van der Waals surface area contributed by atoms with E-state index in [-0.39, 0.29) is 5.41 Å². The maximum absolute atomic E-state index is 4.01. The highest BCUT2D eigenvalue weighted by atomic mass is 32.2. The fraction of sp³-hybridized carbons (Fsp3) is 0.333. The van der Waals surface area contributed by atoms with Gasteiger partial charge in [0.25, 0.3) is 0 Å². The summed E-state index contributed by atoms with van der Waals surface area (Å²) < 4.78 is 0. The Balaban J connectivity index is 2.09. The van der Waals surface area contributed by atoms with Crippen molar-refractivity contribution in [3.63, 3.8) is 0 Å². The van der Waals surface area contributed by atoms with Gasteiger partial charge in [0.15, 0.2) is 0 Å². The van der Waals surface area contributed by atoms with Crippen molar-refractivity contribution in [3.05, 3.63) is 77.4 Å². The van der Waals surface area contributed by atoms with Crippen LogP contribution in [-0.4, -0.2) is 5.75 Å². The number of hydrogen-bond acceptors (Lipinski definition) is 1. The molecule has 1 aliphatic rings. The van der Waals surface area contributed by atoms with E-state index >= 15 is 0 Å². The number of rotatable bonds is 3. The quantitative estimate of drug-likeness (QED) is 0.624. The minimum Gasteiger partial charge on any atom is -0.125 e. The molecule has 114 valence electrons. The van der Waals surface area contributed by atoms with E-state index in [9.17, 15) is 0 Å². The summed E-state index contributed by atoms with van der Waals surface area (Å²) in [7, 11) is 0. The molecule has 2 atom stereocenters. The maximum atomic E-state index is 4.01. The van der Waals surface area contributed by atoms with E-state index in [2.05, 4.69) is 75.9 Å². The zero-order valence-corrected chi connectivity index (χ0v) is 14.5. The molecule has 0 saturated carbocycles. The summed E-state index contributed by atoms with van der Waals surface area (Å²) in [5, 5.41) is 0. The molecule has 0 spiro atoms. The molecule has 22 heavy (non-hydrogen) atoms. The molecule has 2 aromatic carbocycles. The van der Waals surface area contributed by atoms with Crippen LogP contribution in [0.4, 0.5) is 0 Å². The standard InChI is InChI=1S/C21H24S/c1-5-6-19-18-12-9-16(3)13-20(18)22-14-21(19,4)17-10-7-15(2)8-11-17/h5,7-13,19H,1,6,14H2,2-4H3/t19-,21-/m1/s1. The van der Waals surface area contributed by atoms with Crippen molar-refractivity contribution in [3.8, 4) is 0 Å². The molecule has 0 amide bonds. The van der Waals surface area contributed by atoms with Crippen molar-refractivity contribution in [1.29, 1.82) is 0 Å². The summed E-state index contributed by atoms with van der Waals surface area (Å²) in [5.74, 6) is 1.63. The molecule has 0 nitrogen and oxygen atoms in total. The lowest BCUT2D eigenvalue weighted by Crippen LogP contribution is -2.36. The summed E-state index contributed by atoms with van der Waals surface area (Å²) in [5.41, 5.74) is 5.78. The van der Waals surface area contributed by atoms with E-state index < -0.39 is 0 Å². The van der Waals surface area contributed by atoms with Crippen LogP contribution in [0.15, 0.2) is 60.0 Å². The Bertz CT molecular complexity index is 684. The highest BCUT2D eigenvalue weighted by Gasteiger charge is 2.40. The molecular weight excluding hydrogens is 284 g/mol. The van der Waals surface area contributed by atoms with Crippen LogP contribution in [0.1, 0.15) is 41.5 Å². The van der Waals surface area contributed by atoms with Gasteiger partial charge in [-0.15, -0.1) is 18.3 Å². The predicted molar refractivity (Wildman–Crippen MR) is 98.0 cm³/mol. The second-order valence-corrected chi connectivity index (χ2v) is 7.71. The lowest BCUT2D eigenvalue weighted by atomic mass is 9.68. The molecule has 1 heteroatoms. The molecule has 0 aromatic heterocycles. The number of thioether (sulfide) groups is 1. The molecule has 2 aromatic rings. The second-order valence-electron chi connectivity index (χ2n) is 6.69. The first-order valence-electron chi connectivity index (χ1n) is 7.96. The predicted octanol–water partition coefficient (Wildman–Crippen LogP) is 6.03. The van der Waals surface area contributed by atoms with Crippen LogP contribution >= 0.6 is 11.8 Å². The van der Waals surface area contributed by atoms with E-state index in [0.717, 1.165) is 12.2 Å². The van der Waals surface area contributed by atoms with Crippen molar-refractivity contribution in [1.82, 2.24) is 0 Å². The normalized spacial score (nSPS) is 23.9. The van der Waals surface area contributed by atoms with Crippen molar-refractivity contribution in [2.45, 2.75) is 43.4 Å². The Hall–Kier alpha value is -1.47. The Kier molecular flexibility index (Phi) is 4.18. The SMILES string of the molecule is C=CC[C@@H]1c2ccc(C)cc2SC[C@]1(C)c1ccc(C)cc1. The minimum absolute atomic E-state index is 0.162. The molecule has 0 saturated heterocycles. The third kappa shape index (κ3) is 2.63. The molecule has 3 rings (SSSR count). The summed E-state index contributed by atoms with van der Waals surface area (Å²) in [6.07, 6.45) is 3.11. The topological polar surface area (TPSA) is 0 Å². The fourth-order valence-electron chi connectivity index (χ4n) is 3.50. The van der Waals surface area contributed by atoms with Gasteiger partial charge in [0, 0.05) is 16.1 Å². The van der Waals surface area contributed by atoms with Crippen LogP contribution in [0.2, 0.25) is 0 Å². The van der Waals surface area contributed by atoms with Crippen molar-refractivity contribution < 1.29 is 0 Å². The Labute approximate surface area is 138 Å². The first kappa shape index (κ1) is 15.4. The minimum atomic E-state index is 0.162. The number of allylic oxidation sites excluding steroid dienone is 1. The highest BCUT2D eigenvalue weighted by Crippen LogP contribution is 2.51. The molecule has 0 unspecified atom stereocenters. The average Bonchev–Trinajstić information content (AvgIpc) is 2.51. The summed E-state index contributed by atoms with van der Waals surface area (Å²) >= 11 is 2.00. The van der Waals surface area contributed by atoms with Gasteiger partial charge in [-0.3, -0.25) is 0 Å². The number of benzene rings is 2. The van der Waals surface area contributed by atoms with Crippen LogP contribution < -0.4 is 0 Å². The van der Waals surface area contributed by atoms with Gasteiger partial charge in [0.2, 0.25) is 0 Å². The summed E-state index contributed by atoms with van der Waals surface area (Å²) in [6.45, 7) is 10.8. The average molecular weight is 308 g/mol. The van der Waals surface area contributed by atoms with Gasteiger partial charge < -0.3 is 0 Å². The molecule has 1 aliphatic heterocycles. The van der Waals surface area contributed by atoms with Gasteiger partial charge in [-0.2, -0.15) is 0 Å². The molecule has 0 aliphatic carbocycles. The Morgan fingerprint density at radius 3 is 2.50 bits per heavy atom. The van der Waals surface area contributed by atoms with Crippen LogP contribution in [0.25, 0.3) is 0 Å². The third-order valence-electron chi connectivity index (χ3n) is 4.95. The second kappa shape index (κ2) is 5.96. The fourth-order valence-corrected chi connectivity index (χ4v) is 4.97. The third-order valence-corrected chi connectivity index (χ3v) is 6.36. The van der Waals surface area contributed by atoms with Gasteiger partial charge in [-0.1, -0.05) is 60.5 Å². The van der Waals surface area contributed by atoms with Crippen LogP contribution in [0.5, 0.6) is 0 Å². The van der Waals surface area contributed by atoms with Gasteiger partial charge >= 0.3 is 0 Å². The Morgan fingerprint density at radius 2 is 1.82 bits per heavy atom. The molecule has 0 radical (unpaired) electrons. The monoisotopic (exact) mass is 308 g/mol. The van der Waals surface area contributed by atoms with Crippen LogP contribution in [0, 0.1) is 13.8 Å². The molecular formula is C21H24S. The van der Waals surface area contributed by atoms with Gasteiger partial charge in [0.1, 0.15) is 0 Å². The van der Waals surface area contributed by atoms with Gasteiger partial charge in [0.05, 0.1) is 0 Å². The van der Waals surface area contributed by atoms with Crippen LogP contribution in [-0.2, 0) is 5.41 Å². The summed E-state index contributed by atoms with van der Waals surface area (Å²) in [6, 6.07) is 16.0. The van der Waals surface area contributed by atoms with E-state index in [4.69, 9.17) is 0 Å². The van der Waals surface area contributed by atoms with E-state index in [0.29, 0.717) is 5.92 Å². The van der Waals surface area contributed by atoms with Crippen molar-refractivity contribution in [2.24, 2.45) is 0 Å².